The first kappa shape index (κ1) is 19.0. The number of benzene rings is 2. The molecule has 1 amide bonds. The maximum absolute atomic E-state index is 12.6. The van der Waals surface area contributed by atoms with Crippen LogP contribution in [0.1, 0.15) is 34.8 Å². The normalized spacial score (nSPS) is 15.7. The Hall–Kier alpha value is -1.75. The Labute approximate surface area is 164 Å². The van der Waals surface area contributed by atoms with Crippen LogP contribution in [0.2, 0.25) is 10.0 Å². The first-order chi connectivity index (χ1) is 12.6. The number of nitrogens with zero attached hydrogens (tertiary/aromatic N) is 1. The third-order valence-electron chi connectivity index (χ3n) is 4.71. The lowest BCUT2D eigenvalue weighted by atomic mass is 10.0. The molecule has 0 aliphatic carbocycles. The van der Waals surface area contributed by atoms with E-state index in [1.54, 1.807) is 25.3 Å². The van der Waals surface area contributed by atoms with E-state index < -0.39 is 0 Å². The minimum Gasteiger partial charge on any atom is -0.496 e. The van der Waals surface area contributed by atoms with Crippen molar-refractivity contribution in [3.05, 3.63) is 63.6 Å². The molecule has 1 aliphatic rings. The largest absolute Gasteiger partial charge is 0.496 e. The molecule has 1 unspecified atom stereocenters. The highest BCUT2D eigenvalue weighted by molar-refractivity contribution is 6.36. The van der Waals surface area contributed by atoms with Gasteiger partial charge in [0.15, 0.2) is 0 Å². The number of nitrogens with one attached hydrogen (secondary N) is 1. The van der Waals surface area contributed by atoms with Crippen molar-refractivity contribution in [3.8, 4) is 5.75 Å². The number of carbonyl (C=O) groups excluding carboxylic acids is 1. The third-order valence-corrected chi connectivity index (χ3v) is 5.26. The summed E-state index contributed by atoms with van der Waals surface area (Å²) in [5.41, 5.74) is 1.51. The fraction of sp³-hybridized carbons (Fsp3) is 0.350. The van der Waals surface area contributed by atoms with Crippen molar-refractivity contribution in [1.82, 2.24) is 10.2 Å². The van der Waals surface area contributed by atoms with Crippen LogP contribution in [0.4, 0.5) is 0 Å². The summed E-state index contributed by atoms with van der Waals surface area (Å²) < 4.78 is 5.53. The average Bonchev–Trinajstić information content (AvgIpc) is 3.16. The number of carbonyl (C=O) groups is 1. The zero-order valence-electron chi connectivity index (χ0n) is 14.7. The average molecular weight is 393 g/mol. The highest BCUT2D eigenvalue weighted by Crippen LogP contribution is 2.31. The van der Waals surface area contributed by atoms with E-state index in [2.05, 4.69) is 16.3 Å². The fourth-order valence-corrected chi connectivity index (χ4v) is 3.88. The first-order valence-electron chi connectivity index (χ1n) is 8.70. The van der Waals surface area contributed by atoms with Gasteiger partial charge in [-0.3, -0.25) is 9.69 Å². The van der Waals surface area contributed by atoms with Gasteiger partial charge in [0, 0.05) is 17.1 Å². The second-order valence-corrected chi connectivity index (χ2v) is 7.18. The molecule has 3 rings (SSSR count). The van der Waals surface area contributed by atoms with E-state index >= 15 is 0 Å². The topological polar surface area (TPSA) is 41.6 Å². The molecule has 6 heteroatoms. The summed E-state index contributed by atoms with van der Waals surface area (Å²) >= 11 is 12.1. The molecule has 1 atom stereocenters. The lowest BCUT2D eigenvalue weighted by Crippen LogP contribution is -2.37. The van der Waals surface area contributed by atoms with Crippen molar-refractivity contribution < 1.29 is 9.53 Å². The molecule has 26 heavy (non-hydrogen) atoms. The summed E-state index contributed by atoms with van der Waals surface area (Å²) in [6, 6.07) is 12.9. The molecule has 1 saturated heterocycles. The number of methoxy groups -OCH3 is 1. The standard InChI is InChI=1S/C20H22Cl2N2O2/c1-26-19-7-3-2-6-16(19)18(24-10-4-5-11-24)13-23-20(25)15-9-8-14(21)12-17(15)22/h2-3,6-9,12,18H,4-5,10-11,13H2,1H3,(H,23,25). The Bertz CT molecular complexity index is 776. The lowest BCUT2D eigenvalue weighted by Gasteiger charge is -2.29. The zero-order valence-corrected chi connectivity index (χ0v) is 16.2. The van der Waals surface area contributed by atoms with Crippen molar-refractivity contribution >= 4 is 29.1 Å². The molecule has 0 bridgehead atoms. The number of hydrogen-bond donors (Lipinski definition) is 1. The molecule has 0 saturated carbocycles. The summed E-state index contributed by atoms with van der Waals surface area (Å²) in [6.07, 6.45) is 2.34. The Balaban J connectivity index is 1.79. The van der Waals surface area contributed by atoms with Crippen LogP contribution in [0.15, 0.2) is 42.5 Å². The van der Waals surface area contributed by atoms with E-state index in [4.69, 9.17) is 27.9 Å². The monoisotopic (exact) mass is 392 g/mol. The van der Waals surface area contributed by atoms with Gasteiger partial charge in [-0.25, -0.2) is 0 Å². The molecule has 2 aromatic carbocycles. The molecule has 2 aromatic rings. The van der Waals surface area contributed by atoms with Gasteiger partial charge in [-0.2, -0.15) is 0 Å². The van der Waals surface area contributed by atoms with E-state index in [-0.39, 0.29) is 11.9 Å². The van der Waals surface area contributed by atoms with Crippen molar-refractivity contribution in [2.45, 2.75) is 18.9 Å². The van der Waals surface area contributed by atoms with E-state index in [0.29, 0.717) is 22.2 Å². The molecule has 1 fully saturated rings. The van der Waals surface area contributed by atoms with Gasteiger partial charge in [0.05, 0.1) is 23.7 Å². The predicted molar refractivity (Wildman–Crippen MR) is 105 cm³/mol. The molecule has 1 heterocycles. The Morgan fingerprint density at radius 3 is 2.62 bits per heavy atom. The van der Waals surface area contributed by atoms with Gasteiger partial charge >= 0.3 is 0 Å². The number of hydrogen-bond acceptors (Lipinski definition) is 3. The Morgan fingerprint density at radius 2 is 1.92 bits per heavy atom. The SMILES string of the molecule is COc1ccccc1C(CNC(=O)c1ccc(Cl)cc1Cl)N1CCCC1. The van der Waals surface area contributed by atoms with Crippen molar-refractivity contribution in [1.29, 1.82) is 0 Å². The van der Waals surface area contributed by atoms with E-state index in [1.807, 2.05) is 18.2 Å². The summed E-state index contributed by atoms with van der Waals surface area (Å²) in [4.78, 5) is 15.0. The van der Waals surface area contributed by atoms with Gasteiger partial charge < -0.3 is 10.1 Å². The van der Waals surface area contributed by atoms with Gasteiger partial charge in [0.25, 0.3) is 5.91 Å². The molecule has 138 valence electrons. The number of likely N-dealkylation sites (tertiary alicyclic amines) is 1. The van der Waals surface area contributed by atoms with Crippen LogP contribution in [0.25, 0.3) is 0 Å². The maximum Gasteiger partial charge on any atom is 0.252 e. The number of para-hydroxylation sites is 1. The lowest BCUT2D eigenvalue weighted by molar-refractivity contribution is 0.0937. The van der Waals surface area contributed by atoms with Crippen LogP contribution in [0.3, 0.4) is 0 Å². The predicted octanol–water partition coefficient (Wildman–Crippen LogP) is 4.57. The van der Waals surface area contributed by atoms with Gasteiger partial charge in [-0.15, -0.1) is 0 Å². The highest BCUT2D eigenvalue weighted by atomic mass is 35.5. The Morgan fingerprint density at radius 1 is 1.19 bits per heavy atom. The summed E-state index contributed by atoms with van der Waals surface area (Å²) in [6.45, 7) is 2.51. The zero-order chi connectivity index (χ0) is 18.5. The minimum atomic E-state index is -0.203. The molecule has 4 nitrogen and oxygen atoms in total. The van der Waals surface area contributed by atoms with E-state index in [9.17, 15) is 4.79 Å². The van der Waals surface area contributed by atoms with Crippen LogP contribution in [-0.2, 0) is 0 Å². The summed E-state index contributed by atoms with van der Waals surface area (Å²) in [5, 5.41) is 3.88. The van der Waals surface area contributed by atoms with Crippen LogP contribution in [0.5, 0.6) is 5.75 Å². The number of rotatable bonds is 6. The first-order valence-corrected chi connectivity index (χ1v) is 9.46. The van der Waals surface area contributed by atoms with E-state index in [0.717, 1.165) is 24.4 Å². The van der Waals surface area contributed by atoms with Crippen molar-refractivity contribution in [3.63, 3.8) is 0 Å². The van der Waals surface area contributed by atoms with Crippen LogP contribution < -0.4 is 10.1 Å². The smallest absolute Gasteiger partial charge is 0.252 e. The maximum atomic E-state index is 12.6. The highest BCUT2D eigenvalue weighted by Gasteiger charge is 2.26. The second kappa shape index (κ2) is 8.76. The van der Waals surface area contributed by atoms with Gasteiger partial charge in [-0.1, -0.05) is 41.4 Å². The fourth-order valence-electron chi connectivity index (χ4n) is 3.39. The van der Waals surface area contributed by atoms with Crippen molar-refractivity contribution in [2.24, 2.45) is 0 Å². The molecular formula is C20H22Cl2N2O2. The number of ether oxygens (including phenoxy) is 1. The molecule has 1 aliphatic heterocycles. The summed E-state index contributed by atoms with van der Waals surface area (Å²) in [5.74, 6) is 0.633. The second-order valence-electron chi connectivity index (χ2n) is 6.34. The van der Waals surface area contributed by atoms with Crippen LogP contribution in [-0.4, -0.2) is 37.6 Å². The quantitative estimate of drug-likeness (QED) is 0.782. The van der Waals surface area contributed by atoms with E-state index in [1.165, 1.54) is 12.8 Å². The van der Waals surface area contributed by atoms with Crippen LogP contribution >= 0.6 is 23.2 Å². The summed E-state index contributed by atoms with van der Waals surface area (Å²) in [7, 11) is 1.67. The number of amides is 1. The molecule has 0 aromatic heterocycles. The molecule has 0 spiro atoms. The third kappa shape index (κ3) is 4.32. The van der Waals surface area contributed by atoms with Crippen molar-refractivity contribution in [2.75, 3.05) is 26.7 Å². The molecule has 0 radical (unpaired) electrons. The molecular weight excluding hydrogens is 371 g/mol. The van der Waals surface area contributed by atoms with Gasteiger partial charge in [-0.05, 0) is 50.2 Å². The van der Waals surface area contributed by atoms with Crippen LogP contribution in [0, 0.1) is 0 Å². The van der Waals surface area contributed by atoms with Gasteiger partial charge in [0.2, 0.25) is 0 Å². The minimum absolute atomic E-state index is 0.0590. The number of halogens is 2. The Kier molecular flexibility index (Phi) is 6.41. The van der Waals surface area contributed by atoms with Gasteiger partial charge in [0.1, 0.15) is 5.75 Å². The molecule has 1 N–H and O–H groups in total.